The number of carbonyl (C=O) groups is 3. The Balaban J connectivity index is 0.00000256. The van der Waals surface area contributed by atoms with Gasteiger partial charge in [-0.1, -0.05) is 24.7 Å². The van der Waals surface area contributed by atoms with Crippen molar-refractivity contribution >= 4 is 28.6 Å². The minimum absolute atomic E-state index is 0. The third-order valence-corrected chi connectivity index (χ3v) is 5.20. The van der Waals surface area contributed by atoms with E-state index in [0.717, 1.165) is 11.1 Å². The number of pyridine rings is 1. The van der Waals surface area contributed by atoms with Crippen LogP contribution in [0.2, 0.25) is 0 Å². The Morgan fingerprint density at radius 1 is 1.07 bits per heavy atom. The number of hydrogen-bond donors (Lipinski definition) is 0. The molecule has 0 radical (unpaired) electrons. The number of hydrogen-bond acceptors (Lipinski definition) is 4. The molecule has 3 aromatic rings. The van der Waals surface area contributed by atoms with Crippen molar-refractivity contribution in [1.29, 1.82) is 0 Å². The molecule has 3 heterocycles. The van der Waals surface area contributed by atoms with E-state index in [-0.39, 0.29) is 51.7 Å². The molecular weight excluding hydrogens is 457 g/mol. The van der Waals surface area contributed by atoms with E-state index in [4.69, 9.17) is 0 Å². The number of piperazine rings is 1. The second-order valence-electron chi connectivity index (χ2n) is 7.11. The first-order chi connectivity index (χ1) is 14.0. The molecule has 0 bridgehead atoms. The number of aromatic nitrogens is 2. The topological polar surface area (TPSA) is 75.5 Å². The van der Waals surface area contributed by atoms with E-state index in [1.165, 1.54) is 4.90 Å². The van der Waals surface area contributed by atoms with Gasteiger partial charge in [-0.25, -0.2) is 6.54 Å². The van der Waals surface area contributed by atoms with Gasteiger partial charge in [0.1, 0.15) is 0 Å². The number of benzene rings is 1. The Morgan fingerprint density at radius 3 is 2.47 bits per heavy atom. The maximum atomic E-state index is 12.9. The first-order valence-electron chi connectivity index (χ1n) is 9.41. The summed E-state index contributed by atoms with van der Waals surface area (Å²) in [5, 5.41) is 0. The number of carbonyl (C=O) groups excluding carboxylic acids is 3. The summed E-state index contributed by atoms with van der Waals surface area (Å²) in [6.45, 7) is 4.47. The number of ketones is 1. The van der Waals surface area contributed by atoms with E-state index in [2.05, 4.69) is 4.98 Å². The molecule has 0 saturated carbocycles. The summed E-state index contributed by atoms with van der Waals surface area (Å²) in [6.07, 6.45) is 3.29. The average Bonchev–Trinajstić information content (AvgIpc) is 3.10. The standard InChI is InChI=1S/C22H21N4O3.Y/c1-15-8-9-23-18-17(14-24(2)19(15)18)20(27)22(29)26-12-10-25(11-13-26)21(28)16-6-4-3-5-7-16;/h3-9,12,14H,10-11,13H2,1-2H3;/q-1;+3. The van der Waals surface area contributed by atoms with Crippen LogP contribution < -0.4 is 0 Å². The summed E-state index contributed by atoms with van der Waals surface area (Å²) in [5.74, 6) is -1.28. The molecule has 4 rings (SSSR count). The van der Waals surface area contributed by atoms with Crippen molar-refractivity contribution in [2.24, 2.45) is 7.05 Å². The van der Waals surface area contributed by atoms with Gasteiger partial charge in [0.25, 0.3) is 17.6 Å². The van der Waals surface area contributed by atoms with Crippen molar-refractivity contribution in [3.63, 3.8) is 0 Å². The molecule has 148 valence electrons. The molecule has 0 aliphatic carbocycles. The van der Waals surface area contributed by atoms with Crippen molar-refractivity contribution in [2.75, 3.05) is 19.6 Å². The zero-order valence-electron chi connectivity index (χ0n) is 16.9. The van der Waals surface area contributed by atoms with Crippen LogP contribution in [0.25, 0.3) is 11.0 Å². The number of aryl methyl sites for hydroxylation is 2. The van der Waals surface area contributed by atoms with Crippen LogP contribution >= 0.6 is 0 Å². The van der Waals surface area contributed by atoms with Crippen molar-refractivity contribution < 1.29 is 47.1 Å². The predicted octanol–water partition coefficient (Wildman–Crippen LogP) is 2.21. The Bertz CT molecular complexity index is 1100. The fraction of sp³-hybridized carbons (Fsp3) is 0.227. The summed E-state index contributed by atoms with van der Waals surface area (Å²) in [6, 6.07) is 10.9. The van der Waals surface area contributed by atoms with Gasteiger partial charge in [-0.05, 0) is 30.7 Å². The first kappa shape index (κ1) is 22.3. The van der Waals surface area contributed by atoms with Crippen LogP contribution in [-0.2, 0) is 44.6 Å². The molecule has 0 spiro atoms. The number of Topliss-reactive ketones (excluding diaryl/α,β-unsaturated/α-hetero) is 1. The molecule has 30 heavy (non-hydrogen) atoms. The SMILES string of the molecule is Cc1ccnc2c(C(=O)C(=O)N3[CH-]CN(C(=O)c4ccccc4)CC3)cn(C)c12.[Y+3]. The molecule has 1 saturated heterocycles. The average molecular weight is 478 g/mol. The van der Waals surface area contributed by atoms with Crippen LogP contribution in [0, 0.1) is 13.5 Å². The third kappa shape index (κ3) is 4.09. The molecule has 0 atom stereocenters. The van der Waals surface area contributed by atoms with Gasteiger partial charge in [0, 0.05) is 38.1 Å². The summed E-state index contributed by atoms with van der Waals surface area (Å²) in [5.41, 5.74) is 3.26. The minimum Gasteiger partial charge on any atom is -0.483 e. The number of fused-ring (bicyclic) bond motifs is 1. The number of rotatable bonds is 3. The van der Waals surface area contributed by atoms with Crippen LogP contribution in [0.3, 0.4) is 0 Å². The fourth-order valence-electron chi connectivity index (χ4n) is 3.66. The molecule has 0 unspecified atom stereocenters. The molecule has 1 aromatic carbocycles. The van der Waals surface area contributed by atoms with Crippen molar-refractivity contribution in [2.45, 2.75) is 6.92 Å². The molecule has 0 N–H and O–H groups in total. The van der Waals surface area contributed by atoms with E-state index in [0.29, 0.717) is 23.2 Å². The van der Waals surface area contributed by atoms with Gasteiger partial charge in [0.2, 0.25) is 0 Å². The Kier molecular flexibility index (Phi) is 6.83. The largest absolute Gasteiger partial charge is 3.00 e. The van der Waals surface area contributed by atoms with Crippen LogP contribution in [0.1, 0.15) is 26.3 Å². The molecule has 2 amide bonds. The van der Waals surface area contributed by atoms with Gasteiger partial charge < -0.3 is 14.4 Å². The van der Waals surface area contributed by atoms with Gasteiger partial charge in [0.05, 0.1) is 16.6 Å². The third-order valence-electron chi connectivity index (χ3n) is 5.20. The van der Waals surface area contributed by atoms with E-state index < -0.39 is 11.7 Å². The van der Waals surface area contributed by atoms with Gasteiger partial charge in [-0.2, -0.15) is 0 Å². The molecule has 1 aliphatic rings. The predicted molar refractivity (Wildman–Crippen MR) is 108 cm³/mol. The van der Waals surface area contributed by atoms with E-state index in [1.54, 1.807) is 36.0 Å². The van der Waals surface area contributed by atoms with Crippen LogP contribution in [-0.4, -0.2) is 56.6 Å². The second kappa shape index (κ2) is 9.19. The van der Waals surface area contributed by atoms with Crippen LogP contribution in [0.4, 0.5) is 0 Å². The molecule has 1 aliphatic heterocycles. The quantitative estimate of drug-likeness (QED) is 0.329. The molecule has 7 nitrogen and oxygen atoms in total. The fourth-order valence-corrected chi connectivity index (χ4v) is 3.66. The van der Waals surface area contributed by atoms with Gasteiger partial charge in [-0.15, -0.1) is 0 Å². The normalized spacial score (nSPS) is 13.8. The van der Waals surface area contributed by atoms with Crippen molar-refractivity contribution in [3.8, 4) is 0 Å². The minimum atomic E-state index is -0.604. The molecule has 1 fully saturated rings. The maximum Gasteiger partial charge on any atom is 3.00 e. The Hall–Kier alpha value is -2.38. The summed E-state index contributed by atoms with van der Waals surface area (Å²) in [4.78, 5) is 45.6. The van der Waals surface area contributed by atoms with Gasteiger partial charge in [0.15, 0.2) is 0 Å². The summed E-state index contributed by atoms with van der Waals surface area (Å²) in [7, 11) is 1.83. The monoisotopic (exact) mass is 478 g/mol. The maximum absolute atomic E-state index is 12.9. The van der Waals surface area contributed by atoms with Gasteiger partial charge in [-0.3, -0.25) is 19.4 Å². The van der Waals surface area contributed by atoms with Gasteiger partial charge >= 0.3 is 32.7 Å². The molecule has 2 aromatic heterocycles. The zero-order chi connectivity index (χ0) is 20.5. The summed E-state index contributed by atoms with van der Waals surface area (Å²) < 4.78 is 1.82. The Labute approximate surface area is 199 Å². The number of amides is 2. The smallest absolute Gasteiger partial charge is 0.483 e. The molecular formula is C22H21N4O3Y+2. The number of nitrogens with zero attached hydrogens (tertiary/aromatic N) is 4. The zero-order valence-corrected chi connectivity index (χ0v) is 19.7. The van der Waals surface area contributed by atoms with Crippen molar-refractivity contribution in [1.82, 2.24) is 19.4 Å². The van der Waals surface area contributed by atoms with E-state index >= 15 is 0 Å². The van der Waals surface area contributed by atoms with Crippen LogP contribution in [0.5, 0.6) is 0 Å². The second-order valence-corrected chi connectivity index (χ2v) is 7.11. The van der Waals surface area contributed by atoms with E-state index in [9.17, 15) is 14.4 Å². The van der Waals surface area contributed by atoms with E-state index in [1.807, 2.05) is 42.8 Å². The molecule has 8 heteroatoms. The first-order valence-corrected chi connectivity index (χ1v) is 9.41. The van der Waals surface area contributed by atoms with Crippen LogP contribution in [0.15, 0.2) is 48.8 Å². The summed E-state index contributed by atoms with van der Waals surface area (Å²) >= 11 is 0. The Morgan fingerprint density at radius 2 is 1.80 bits per heavy atom. The van der Waals surface area contributed by atoms with Crippen molar-refractivity contribution in [3.05, 3.63) is 72.0 Å².